The predicted octanol–water partition coefficient (Wildman–Crippen LogP) is 4.10. The van der Waals surface area contributed by atoms with Gasteiger partial charge in [0.25, 0.3) is 11.1 Å². The average molecular weight is 324 g/mol. The molecule has 2 amide bonds. The number of thioether (sulfide) groups is 1. The molecule has 23 heavy (non-hydrogen) atoms. The maximum absolute atomic E-state index is 12.4. The zero-order chi connectivity index (χ0) is 16.2. The van der Waals surface area contributed by atoms with Crippen molar-refractivity contribution in [3.8, 4) is 0 Å². The summed E-state index contributed by atoms with van der Waals surface area (Å²) in [5, 5.41) is 2.89. The highest BCUT2D eigenvalue weighted by atomic mass is 32.2. The summed E-state index contributed by atoms with van der Waals surface area (Å²) in [6, 6.07) is 17.3. The van der Waals surface area contributed by atoms with Gasteiger partial charge < -0.3 is 5.32 Å². The zero-order valence-electron chi connectivity index (χ0n) is 12.7. The number of amides is 2. The highest BCUT2D eigenvalue weighted by Crippen LogP contribution is 2.32. The van der Waals surface area contributed by atoms with E-state index in [1.165, 1.54) is 4.90 Å². The fraction of sp³-hybridized carbons (Fsp3) is 0.111. The van der Waals surface area contributed by atoms with Crippen LogP contribution in [0.25, 0.3) is 6.08 Å². The standard InChI is InChI=1S/C18H16N2O2S/c1-13-7-5-6-10-15(13)19-12-20-17(21)16(23-18(20)22)11-14-8-3-2-4-9-14/h2-11,19H,12H2,1H3. The molecule has 0 aromatic heterocycles. The number of anilines is 1. The molecule has 0 spiro atoms. The third-order valence-electron chi connectivity index (χ3n) is 3.54. The smallest absolute Gasteiger partial charge is 0.295 e. The van der Waals surface area contributed by atoms with Crippen LogP contribution >= 0.6 is 11.8 Å². The van der Waals surface area contributed by atoms with Crippen molar-refractivity contribution in [1.82, 2.24) is 4.90 Å². The average Bonchev–Trinajstić information content (AvgIpc) is 2.82. The molecule has 4 nitrogen and oxygen atoms in total. The lowest BCUT2D eigenvalue weighted by Gasteiger charge is -2.15. The molecule has 2 aromatic carbocycles. The van der Waals surface area contributed by atoms with Gasteiger partial charge in [-0.3, -0.25) is 14.5 Å². The van der Waals surface area contributed by atoms with E-state index < -0.39 is 0 Å². The van der Waals surface area contributed by atoms with Crippen LogP contribution in [0.5, 0.6) is 0 Å². The molecule has 0 saturated carbocycles. The Morgan fingerprint density at radius 1 is 1.04 bits per heavy atom. The van der Waals surface area contributed by atoms with E-state index in [4.69, 9.17) is 0 Å². The number of carbonyl (C=O) groups excluding carboxylic acids is 2. The summed E-state index contributed by atoms with van der Waals surface area (Å²) in [7, 11) is 0. The van der Waals surface area contributed by atoms with Gasteiger partial charge in [0.05, 0.1) is 11.6 Å². The number of nitrogens with zero attached hydrogens (tertiary/aromatic N) is 1. The largest absolute Gasteiger partial charge is 0.367 e. The maximum Gasteiger partial charge on any atom is 0.295 e. The van der Waals surface area contributed by atoms with E-state index in [2.05, 4.69) is 5.32 Å². The second-order valence-corrected chi connectivity index (χ2v) is 6.16. The summed E-state index contributed by atoms with van der Waals surface area (Å²) in [5.41, 5.74) is 2.89. The fourth-order valence-corrected chi connectivity index (χ4v) is 3.11. The quantitative estimate of drug-likeness (QED) is 0.860. The van der Waals surface area contributed by atoms with E-state index >= 15 is 0 Å². The molecule has 1 heterocycles. The van der Waals surface area contributed by atoms with Crippen LogP contribution in [-0.4, -0.2) is 22.7 Å². The molecular formula is C18H16N2O2S. The Morgan fingerprint density at radius 3 is 2.48 bits per heavy atom. The Labute approximate surface area is 139 Å². The number of hydrogen-bond acceptors (Lipinski definition) is 4. The van der Waals surface area contributed by atoms with Crippen molar-refractivity contribution >= 4 is 34.7 Å². The molecule has 116 valence electrons. The van der Waals surface area contributed by atoms with Crippen LogP contribution < -0.4 is 5.32 Å². The lowest BCUT2D eigenvalue weighted by molar-refractivity contribution is -0.122. The third-order valence-corrected chi connectivity index (χ3v) is 4.45. The normalized spacial score (nSPS) is 16.2. The first-order valence-corrected chi connectivity index (χ1v) is 8.07. The molecule has 0 radical (unpaired) electrons. The van der Waals surface area contributed by atoms with Crippen molar-refractivity contribution in [2.45, 2.75) is 6.92 Å². The topological polar surface area (TPSA) is 49.4 Å². The van der Waals surface area contributed by atoms with Crippen molar-refractivity contribution in [2.75, 3.05) is 12.0 Å². The Kier molecular flexibility index (Phi) is 4.48. The van der Waals surface area contributed by atoms with Crippen LogP contribution in [-0.2, 0) is 4.79 Å². The van der Waals surface area contributed by atoms with Gasteiger partial charge in [-0.2, -0.15) is 0 Å². The number of hydrogen-bond donors (Lipinski definition) is 1. The summed E-state index contributed by atoms with van der Waals surface area (Å²) in [5.74, 6) is -0.259. The van der Waals surface area contributed by atoms with E-state index in [0.29, 0.717) is 4.91 Å². The van der Waals surface area contributed by atoms with E-state index in [-0.39, 0.29) is 17.8 Å². The molecule has 3 rings (SSSR count). The first kappa shape index (κ1) is 15.4. The number of benzene rings is 2. The number of para-hydroxylation sites is 1. The minimum absolute atomic E-state index is 0.168. The number of carbonyl (C=O) groups is 2. The second-order valence-electron chi connectivity index (χ2n) is 5.17. The molecule has 1 aliphatic heterocycles. The molecule has 1 fully saturated rings. The van der Waals surface area contributed by atoms with Gasteiger partial charge in [0, 0.05) is 5.69 Å². The number of rotatable bonds is 4. The highest BCUT2D eigenvalue weighted by Gasteiger charge is 2.34. The molecule has 0 atom stereocenters. The van der Waals surface area contributed by atoms with Gasteiger partial charge in [0.2, 0.25) is 0 Å². The van der Waals surface area contributed by atoms with Crippen LogP contribution in [0.15, 0.2) is 59.5 Å². The van der Waals surface area contributed by atoms with Crippen molar-refractivity contribution < 1.29 is 9.59 Å². The van der Waals surface area contributed by atoms with E-state index in [9.17, 15) is 9.59 Å². The van der Waals surface area contributed by atoms with Gasteiger partial charge in [-0.1, -0.05) is 48.5 Å². The van der Waals surface area contributed by atoms with Gasteiger partial charge in [0.1, 0.15) is 0 Å². The summed E-state index contributed by atoms with van der Waals surface area (Å²) >= 11 is 0.975. The van der Waals surface area contributed by atoms with Gasteiger partial charge in [-0.05, 0) is 42.0 Å². The molecule has 5 heteroatoms. The number of aryl methyl sites for hydroxylation is 1. The van der Waals surface area contributed by atoms with Gasteiger partial charge in [0.15, 0.2) is 0 Å². The van der Waals surface area contributed by atoms with Crippen LogP contribution in [0.2, 0.25) is 0 Å². The third kappa shape index (κ3) is 3.46. The van der Waals surface area contributed by atoms with E-state index in [1.807, 2.05) is 61.5 Å². The molecule has 2 aromatic rings. The Hall–Kier alpha value is -2.53. The van der Waals surface area contributed by atoms with Crippen molar-refractivity contribution in [2.24, 2.45) is 0 Å². The molecule has 1 aliphatic rings. The van der Waals surface area contributed by atoms with Crippen LogP contribution in [0.4, 0.5) is 10.5 Å². The number of imide groups is 1. The monoisotopic (exact) mass is 324 g/mol. The Bertz CT molecular complexity index is 772. The zero-order valence-corrected chi connectivity index (χ0v) is 13.5. The molecule has 1 saturated heterocycles. The molecule has 0 unspecified atom stereocenters. The maximum atomic E-state index is 12.4. The van der Waals surface area contributed by atoms with Crippen molar-refractivity contribution in [3.63, 3.8) is 0 Å². The first-order chi connectivity index (χ1) is 11.1. The van der Waals surface area contributed by atoms with Crippen LogP contribution in [0.1, 0.15) is 11.1 Å². The van der Waals surface area contributed by atoms with Crippen molar-refractivity contribution in [3.05, 3.63) is 70.6 Å². The van der Waals surface area contributed by atoms with Crippen LogP contribution in [0.3, 0.4) is 0 Å². The van der Waals surface area contributed by atoms with E-state index in [1.54, 1.807) is 6.08 Å². The van der Waals surface area contributed by atoms with E-state index in [0.717, 1.165) is 28.6 Å². The highest BCUT2D eigenvalue weighted by molar-refractivity contribution is 8.18. The molecule has 0 bridgehead atoms. The summed E-state index contributed by atoms with van der Waals surface area (Å²) in [6.07, 6.45) is 1.75. The minimum Gasteiger partial charge on any atom is -0.367 e. The Morgan fingerprint density at radius 2 is 1.74 bits per heavy atom. The molecule has 1 N–H and O–H groups in total. The van der Waals surface area contributed by atoms with Crippen molar-refractivity contribution in [1.29, 1.82) is 0 Å². The fourth-order valence-electron chi connectivity index (χ4n) is 2.27. The molecular weight excluding hydrogens is 308 g/mol. The van der Waals surface area contributed by atoms with Crippen LogP contribution in [0, 0.1) is 6.92 Å². The minimum atomic E-state index is -0.259. The SMILES string of the molecule is Cc1ccccc1NCN1C(=O)SC(=Cc2ccccc2)C1=O. The van der Waals surface area contributed by atoms with Gasteiger partial charge in [-0.25, -0.2) is 0 Å². The Balaban J connectivity index is 1.72. The summed E-state index contributed by atoms with van der Waals surface area (Å²) in [6.45, 7) is 2.15. The first-order valence-electron chi connectivity index (χ1n) is 7.25. The molecule has 0 aliphatic carbocycles. The van der Waals surface area contributed by atoms with Gasteiger partial charge >= 0.3 is 0 Å². The second kappa shape index (κ2) is 6.71. The number of nitrogens with one attached hydrogen (secondary N) is 1. The predicted molar refractivity (Wildman–Crippen MR) is 93.9 cm³/mol. The lowest BCUT2D eigenvalue weighted by atomic mass is 10.2. The lowest BCUT2D eigenvalue weighted by Crippen LogP contribution is -2.33. The summed E-state index contributed by atoms with van der Waals surface area (Å²) < 4.78 is 0. The van der Waals surface area contributed by atoms with Gasteiger partial charge in [-0.15, -0.1) is 0 Å². The summed E-state index contributed by atoms with van der Waals surface area (Å²) in [4.78, 5) is 26.2.